The normalized spacial score (nSPS) is 10.0. The summed E-state index contributed by atoms with van der Waals surface area (Å²) in [6.45, 7) is 2.24. The van der Waals surface area contributed by atoms with Crippen molar-refractivity contribution < 1.29 is 96.1 Å². The third kappa shape index (κ3) is 42.1. The van der Waals surface area contributed by atoms with Crippen LogP contribution in [0.25, 0.3) is 0 Å². The van der Waals surface area contributed by atoms with Gasteiger partial charge >= 0.3 is 65.1 Å². The van der Waals surface area contributed by atoms with Crippen molar-refractivity contribution in [2.45, 2.75) is 84.0 Å². The zero-order chi connectivity index (χ0) is 19.6. The quantitative estimate of drug-likeness (QED) is 0.120. The molecular formula is C16H30Na2O8S. The SMILES string of the molecule is CCCCCCCCCCCCOS(=O)(=O)[O-].O=C([O-])CCC(=O)O.[Na+].[Na+]. The van der Waals surface area contributed by atoms with Gasteiger partial charge in [-0.3, -0.25) is 8.98 Å². The maximum absolute atomic E-state index is 10.1. The Bertz CT molecular complexity index is 430. The monoisotopic (exact) mass is 428 g/mol. The molecular weight excluding hydrogens is 398 g/mol. The second kappa shape index (κ2) is 24.8. The summed E-state index contributed by atoms with van der Waals surface area (Å²) < 4.78 is 34.5. The summed E-state index contributed by atoms with van der Waals surface area (Å²) in [7, 11) is -4.48. The Morgan fingerprint density at radius 2 is 1.26 bits per heavy atom. The van der Waals surface area contributed by atoms with E-state index in [9.17, 15) is 27.7 Å². The zero-order valence-corrected chi connectivity index (χ0v) is 21.7. The topological polar surface area (TPSA) is 144 Å². The van der Waals surface area contributed by atoms with Crippen molar-refractivity contribution in [3.63, 3.8) is 0 Å². The van der Waals surface area contributed by atoms with Crippen molar-refractivity contribution in [3.05, 3.63) is 0 Å². The molecule has 0 saturated carbocycles. The predicted molar refractivity (Wildman–Crippen MR) is 89.4 cm³/mol. The van der Waals surface area contributed by atoms with Gasteiger partial charge in [-0.25, -0.2) is 8.42 Å². The van der Waals surface area contributed by atoms with Gasteiger partial charge < -0.3 is 19.6 Å². The third-order valence-electron chi connectivity index (χ3n) is 3.27. The second-order valence-electron chi connectivity index (χ2n) is 5.68. The molecule has 8 nitrogen and oxygen atoms in total. The molecule has 0 spiro atoms. The van der Waals surface area contributed by atoms with E-state index in [-0.39, 0.29) is 72.1 Å². The van der Waals surface area contributed by atoms with E-state index < -0.39 is 28.8 Å². The van der Waals surface area contributed by atoms with E-state index in [4.69, 9.17) is 5.11 Å². The minimum atomic E-state index is -4.48. The van der Waals surface area contributed by atoms with Gasteiger partial charge in [-0.2, -0.15) is 0 Å². The Labute approximate surface area is 207 Å². The van der Waals surface area contributed by atoms with Crippen LogP contribution in [0.2, 0.25) is 0 Å². The van der Waals surface area contributed by atoms with E-state index in [2.05, 4.69) is 11.1 Å². The number of hydrogen-bond donors (Lipinski definition) is 1. The molecule has 150 valence electrons. The molecule has 27 heavy (non-hydrogen) atoms. The van der Waals surface area contributed by atoms with Gasteiger partial charge in [-0.15, -0.1) is 0 Å². The number of rotatable bonds is 15. The first-order valence-electron chi connectivity index (χ1n) is 8.71. The number of carboxylic acid groups (broad SMARTS) is 2. The van der Waals surface area contributed by atoms with Gasteiger partial charge in [0.25, 0.3) is 0 Å². The van der Waals surface area contributed by atoms with E-state index in [0.29, 0.717) is 6.42 Å². The van der Waals surface area contributed by atoms with Gasteiger partial charge in [0, 0.05) is 5.97 Å². The third-order valence-corrected chi connectivity index (χ3v) is 3.72. The van der Waals surface area contributed by atoms with Crippen LogP contribution in [0.4, 0.5) is 0 Å². The van der Waals surface area contributed by atoms with Crippen molar-refractivity contribution in [2.24, 2.45) is 0 Å². The van der Waals surface area contributed by atoms with Crippen LogP contribution in [-0.4, -0.2) is 36.6 Å². The summed E-state index contributed by atoms with van der Waals surface area (Å²) in [6, 6.07) is 0. The molecule has 0 aliphatic heterocycles. The van der Waals surface area contributed by atoms with E-state index >= 15 is 0 Å². The fourth-order valence-corrected chi connectivity index (χ4v) is 2.28. The fraction of sp³-hybridized carbons (Fsp3) is 0.875. The first kappa shape index (κ1) is 35.3. The molecule has 0 rings (SSSR count). The molecule has 0 aromatic rings. The number of carboxylic acids is 2. The zero-order valence-electron chi connectivity index (χ0n) is 16.9. The van der Waals surface area contributed by atoms with Crippen LogP contribution in [0.1, 0.15) is 84.0 Å². The maximum atomic E-state index is 10.1. The number of carbonyl (C=O) groups is 2. The number of carbonyl (C=O) groups excluding carboxylic acids is 1. The molecule has 0 radical (unpaired) electrons. The van der Waals surface area contributed by atoms with Crippen LogP contribution in [0, 0.1) is 0 Å². The van der Waals surface area contributed by atoms with E-state index in [1.54, 1.807) is 0 Å². The Morgan fingerprint density at radius 1 is 0.852 bits per heavy atom. The standard InChI is InChI=1S/C12H26O4S.C4H6O4.2Na/c1-2-3-4-5-6-7-8-9-10-11-12-16-17(13,14)15;5-3(6)1-2-4(7)8;;/h2-12H2,1H3,(H,13,14,15);1-2H2,(H,5,6)(H,7,8);;/q;;2*+1/p-2. The summed E-state index contributed by atoms with van der Waals surface area (Å²) >= 11 is 0. The average Bonchev–Trinajstić information content (AvgIpc) is 2.50. The van der Waals surface area contributed by atoms with Crippen LogP contribution in [0.5, 0.6) is 0 Å². The molecule has 11 heteroatoms. The van der Waals surface area contributed by atoms with E-state index in [0.717, 1.165) is 12.8 Å². The van der Waals surface area contributed by atoms with Crippen LogP contribution in [-0.2, 0) is 24.2 Å². The molecule has 0 fully saturated rings. The van der Waals surface area contributed by atoms with Crippen LogP contribution in [0.15, 0.2) is 0 Å². The Balaban J connectivity index is -0.000000226. The van der Waals surface area contributed by atoms with Crippen LogP contribution in [0.3, 0.4) is 0 Å². The first-order chi connectivity index (χ1) is 11.7. The minimum Gasteiger partial charge on any atom is -0.726 e. The molecule has 0 amide bonds. The molecule has 0 heterocycles. The molecule has 0 aliphatic carbocycles. The fourth-order valence-electron chi connectivity index (χ4n) is 1.96. The summed E-state index contributed by atoms with van der Waals surface area (Å²) in [5, 5.41) is 17.4. The van der Waals surface area contributed by atoms with Crippen molar-refractivity contribution in [2.75, 3.05) is 6.61 Å². The molecule has 0 saturated heterocycles. The summed E-state index contributed by atoms with van der Waals surface area (Å²) in [6.07, 6.45) is 10.9. The van der Waals surface area contributed by atoms with Crippen LogP contribution < -0.4 is 64.2 Å². The molecule has 0 atom stereocenters. The number of aliphatic carboxylic acids is 2. The van der Waals surface area contributed by atoms with Gasteiger partial charge in [-0.05, 0) is 12.8 Å². The number of hydrogen-bond acceptors (Lipinski definition) is 7. The Kier molecular flexibility index (Phi) is 32.4. The first-order valence-corrected chi connectivity index (χ1v) is 10.0. The minimum absolute atomic E-state index is 0. The molecule has 0 aliphatic rings. The summed E-state index contributed by atoms with van der Waals surface area (Å²) in [4.78, 5) is 19.1. The second-order valence-corrected chi connectivity index (χ2v) is 6.73. The van der Waals surface area contributed by atoms with E-state index in [1.165, 1.54) is 44.9 Å². The maximum Gasteiger partial charge on any atom is 1.00 e. The Hall–Kier alpha value is 0.810. The average molecular weight is 428 g/mol. The summed E-state index contributed by atoms with van der Waals surface area (Å²) in [5.74, 6) is -2.44. The predicted octanol–water partition coefficient (Wildman–Crippen LogP) is -4.01. The molecule has 1 N–H and O–H groups in total. The van der Waals surface area contributed by atoms with Crippen molar-refractivity contribution in [3.8, 4) is 0 Å². The molecule has 0 aromatic heterocycles. The van der Waals surface area contributed by atoms with Crippen molar-refractivity contribution in [1.82, 2.24) is 0 Å². The molecule has 0 aromatic carbocycles. The molecule has 0 bridgehead atoms. The smallest absolute Gasteiger partial charge is 0.726 e. The Morgan fingerprint density at radius 3 is 1.56 bits per heavy atom. The van der Waals surface area contributed by atoms with Crippen LogP contribution >= 0.6 is 0 Å². The van der Waals surface area contributed by atoms with Crippen molar-refractivity contribution >= 4 is 22.3 Å². The van der Waals surface area contributed by atoms with E-state index in [1.807, 2.05) is 0 Å². The summed E-state index contributed by atoms with van der Waals surface area (Å²) in [5.41, 5.74) is 0. The van der Waals surface area contributed by atoms with Crippen molar-refractivity contribution in [1.29, 1.82) is 0 Å². The van der Waals surface area contributed by atoms with Gasteiger partial charge in [0.05, 0.1) is 13.0 Å². The number of unbranched alkanes of at least 4 members (excludes halogenated alkanes) is 9. The van der Waals surface area contributed by atoms with Gasteiger partial charge in [0.15, 0.2) is 0 Å². The van der Waals surface area contributed by atoms with Gasteiger partial charge in [-0.1, -0.05) is 64.7 Å². The van der Waals surface area contributed by atoms with Gasteiger partial charge in [0.1, 0.15) is 0 Å². The molecule has 0 unspecified atom stereocenters. The largest absolute Gasteiger partial charge is 1.00 e. The van der Waals surface area contributed by atoms with Gasteiger partial charge in [0.2, 0.25) is 10.4 Å².